The molecule has 100 valence electrons. The molecule has 5 nitrogen and oxygen atoms in total. The summed E-state index contributed by atoms with van der Waals surface area (Å²) in [5.74, 6) is 0.534. The lowest BCUT2D eigenvalue weighted by Crippen LogP contribution is -2.27. The molecule has 0 radical (unpaired) electrons. The van der Waals surface area contributed by atoms with Crippen molar-refractivity contribution in [1.29, 1.82) is 0 Å². The van der Waals surface area contributed by atoms with Crippen LogP contribution in [0.1, 0.15) is 55.9 Å². The summed E-state index contributed by atoms with van der Waals surface area (Å²) >= 11 is 0. The SMILES string of the molecule is CC(C)(C)OC(=O)c1coc(C2CCNCC2)n1. The lowest BCUT2D eigenvalue weighted by Gasteiger charge is -2.19. The summed E-state index contributed by atoms with van der Waals surface area (Å²) in [6.45, 7) is 7.43. The van der Waals surface area contributed by atoms with Crippen LogP contribution in [-0.2, 0) is 4.74 Å². The maximum absolute atomic E-state index is 11.8. The smallest absolute Gasteiger partial charge is 0.360 e. The van der Waals surface area contributed by atoms with Gasteiger partial charge in [0.1, 0.15) is 11.9 Å². The standard InChI is InChI=1S/C13H20N2O3/c1-13(2,3)18-12(16)10-8-17-11(15-10)9-4-6-14-7-5-9/h8-9,14H,4-7H2,1-3H3. The number of carbonyl (C=O) groups is 1. The van der Waals surface area contributed by atoms with Gasteiger partial charge in [0.15, 0.2) is 11.6 Å². The van der Waals surface area contributed by atoms with Crippen LogP contribution in [0.3, 0.4) is 0 Å². The molecule has 0 atom stereocenters. The van der Waals surface area contributed by atoms with Crippen molar-refractivity contribution in [2.24, 2.45) is 0 Å². The van der Waals surface area contributed by atoms with Crippen molar-refractivity contribution in [3.63, 3.8) is 0 Å². The Balaban J connectivity index is 2.03. The molecule has 0 bridgehead atoms. The van der Waals surface area contributed by atoms with Crippen molar-refractivity contribution in [1.82, 2.24) is 10.3 Å². The van der Waals surface area contributed by atoms with Crippen LogP contribution in [0.2, 0.25) is 0 Å². The number of ether oxygens (including phenoxy) is 1. The first-order chi connectivity index (χ1) is 8.46. The van der Waals surface area contributed by atoms with Gasteiger partial charge in [-0.05, 0) is 46.7 Å². The molecule has 18 heavy (non-hydrogen) atoms. The third kappa shape index (κ3) is 3.32. The van der Waals surface area contributed by atoms with E-state index in [1.807, 2.05) is 20.8 Å². The number of piperidine rings is 1. The van der Waals surface area contributed by atoms with Gasteiger partial charge in [-0.2, -0.15) is 0 Å². The first-order valence-electron chi connectivity index (χ1n) is 6.35. The Morgan fingerprint density at radius 3 is 2.72 bits per heavy atom. The number of oxazole rings is 1. The summed E-state index contributed by atoms with van der Waals surface area (Å²) in [6.07, 6.45) is 3.38. The number of aromatic nitrogens is 1. The number of hydrogen-bond acceptors (Lipinski definition) is 5. The fraction of sp³-hybridized carbons (Fsp3) is 0.692. The summed E-state index contributed by atoms with van der Waals surface area (Å²) in [5.41, 5.74) is -0.247. The Kier molecular flexibility index (Phi) is 3.71. The number of carbonyl (C=O) groups excluding carboxylic acids is 1. The molecule has 1 fully saturated rings. The molecule has 1 aromatic rings. The summed E-state index contributed by atoms with van der Waals surface area (Å²) in [6, 6.07) is 0. The third-order valence-corrected chi connectivity index (χ3v) is 2.82. The highest BCUT2D eigenvalue weighted by atomic mass is 16.6. The zero-order valence-corrected chi connectivity index (χ0v) is 11.2. The van der Waals surface area contributed by atoms with Crippen LogP contribution < -0.4 is 5.32 Å². The van der Waals surface area contributed by atoms with E-state index >= 15 is 0 Å². The average Bonchev–Trinajstić information content (AvgIpc) is 2.77. The van der Waals surface area contributed by atoms with E-state index in [0.717, 1.165) is 25.9 Å². The number of rotatable bonds is 2. The van der Waals surface area contributed by atoms with E-state index < -0.39 is 11.6 Å². The van der Waals surface area contributed by atoms with Gasteiger partial charge in [0.2, 0.25) is 0 Å². The molecule has 0 spiro atoms. The van der Waals surface area contributed by atoms with E-state index in [0.29, 0.717) is 11.8 Å². The molecule has 2 heterocycles. The van der Waals surface area contributed by atoms with Crippen LogP contribution in [0.15, 0.2) is 10.7 Å². The molecule has 1 aliphatic rings. The van der Waals surface area contributed by atoms with Gasteiger partial charge in [-0.15, -0.1) is 0 Å². The van der Waals surface area contributed by atoms with Gasteiger partial charge in [-0.25, -0.2) is 9.78 Å². The van der Waals surface area contributed by atoms with Gasteiger partial charge in [-0.3, -0.25) is 0 Å². The normalized spacial score (nSPS) is 17.7. The first kappa shape index (κ1) is 13.1. The van der Waals surface area contributed by atoms with Gasteiger partial charge in [0, 0.05) is 5.92 Å². The Labute approximate surface area is 107 Å². The number of nitrogens with one attached hydrogen (secondary N) is 1. The quantitative estimate of drug-likeness (QED) is 0.816. The molecule has 1 N–H and O–H groups in total. The van der Waals surface area contributed by atoms with E-state index in [1.54, 1.807) is 0 Å². The molecule has 0 saturated carbocycles. The van der Waals surface area contributed by atoms with Gasteiger partial charge in [-0.1, -0.05) is 0 Å². The Hall–Kier alpha value is -1.36. The minimum absolute atomic E-state index is 0.262. The summed E-state index contributed by atoms with van der Waals surface area (Å²) < 4.78 is 10.7. The largest absolute Gasteiger partial charge is 0.455 e. The molecule has 0 aliphatic carbocycles. The summed E-state index contributed by atoms with van der Waals surface area (Å²) in [4.78, 5) is 16.0. The lowest BCUT2D eigenvalue weighted by molar-refractivity contribution is 0.00627. The molecule has 1 aromatic heterocycles. The van der Waals surface area contributed by atoms with Crippen molar-refractivity contribution in [2.75, 3.05) is 13.1 Å². The highest BCUT2D eigenvalue weighted by molar-refractivity contribution is 5.87. The van der Waals surface area contributed by atoms with Crippen LogP contribution in [0.4, 0.5) is 0 Å². The minimum atomic E-state index is -0.509. The fourth-order valence-electron chi connectivity index (χ4n) is 1.97. The minimum Gasteiger partial charge on any atom is -0.455 e. The molecular weight excluding hydrogens is 232 g/mol. The van der Waals surface area contributed by atoms with Crippen LogP contribution in [0.5, 0.6) is 0 Å². The maximum atomic E-state index is 11.8. The Morgan fingerprint density at radius 1 is 1.44 bits per heavy atom. The monoisotopic (exact) mass is 252 g/mol. The highest BCUT2D eigenvalue weighted by Crippen LogP contribution is 2.24. The molecule has 0 amide bonds. The van der Waals surface area contributed by atoms with E-state index in [2.05, 4.69) is 10.3 Å². The highest BCUT2D eigenvalue weighted by Gasteiger charge is 2.24. The second-order valence-corrected chi connectivity index (χ2v) is 5.60. The van der Waals surface area contributed by atoms with E-state index in [4.69, 9.17) is 9.15 Å². The molecule has 1 saturated heterocycles. The van der Waals surface area contributed by atoms with Crippen molar-refractivity contribution >= 4 is 5.97 Å². The third-order valence-electron chi connectivity index (χ3n) is 2.82. The van der Waals surface area contributed by atoms with Crippen molar-refractivity contribution < 1.29 is 13.9 Å². The Morgan fingerprint density at radius 2 is 2.11 bits per heavy atom. The maximum Gasteiger partial charge on any atom is 0.360 e. The summed E-state index contributed by atoms with van der Waals surface area (Å²) in [7, 11) is 0. The number of hydrogen-bond donors (Lipinski definition) is 1. The first-order valence-corrected chi connectivity index (χ1v) is 6.35. The van der Waals surface area contributed by atoms with Gasteiger partial charge in [0.05, 0.1) is 0 Å². The van der Waals surface area contributed by atoms with Crippen LogP contribution in [0.25, 0.3) is 0 Å². The molecule has 0 unspecified atom stereocenters. The van der Waals surface area contributed by atoms with Crippen LogP contribution in [0, 0.1) is 0 Å². The predicted octanol–water partition coefficient (Wildman–Crippen LogP) is 2.10. The Bertz CT molecular complexity index is 414. The predicted molar refractivity (Wildman–Crippen MR) is 66.5 cm³/mol. The van der Waals surface area contributed by atoms with E-state index in [1.165, 1.54) is 6.26 Å². The van der Waals surface area contributed by atoms with Crippen LogP contribution >= 0.6 is 0 Å². The van der Waals surface area contributed by atoms with Crippen LogP contribution in [-0.4, -0.2) is 29.6 Å². The zero-order chi connectivity index (χ0) is 13.2. The number of esters is 1. The summed E-state index contributed by atoms with van der Waals surface area (Å²) in [5, 5.41) is 3.28. The van der Waals surface area contributed by atoms with E-state index in [9.17, 15) is 4.79 Å². The van der Waals surface area contributed by atoms with Gasteiger partial charge in [0.25, 0.3) is 0 Å². The van der Waals surface area contributed by atoms with Crippen molar-refractivity contribution in [3.8, 4) is 0 Å². The van der Waals surface area contributed by atoms with E-state index in [-0.39, 0.29) is 5.69 Å². The average molecular weight is 252 g/mol. The molecular formula is C13H20N2O3. The molecule has 2 rings (SSSR count). The topological polar surface area (TPSA) is 64.4 Å². The van der Waals surface area contributed by atoms with Gasteiger partial charge < -0.3 is 14.5 Å². The second kappa shape index (κ2) is 5.10. The fourth-order valence-corrected chi connectivity index (χ4v) is 1.97. The molecule has 1 aliphatic heterocycles. The van der Waals surface area contributed by atoms with Crippen molar-refractivity contribution in [3.05, 3.63) is 17.8 Å². The lowest BCUT2D eigenvalue weighted by atomic mass is 9.98. The zero-order valence-electron chi connectivity index (χ0n) is 11.2. The molecule has 0 aromatic carbocycles. The molecule has 5 heteroatoms. The van der Waals surface area contributed by atoms with Crippen molar-refractivity contribution in [2.45, 2.75) is 45.1 Å². The van der Waals surface area contributed by atoms with Gasteiger partial charge >= 0.3 is 5.97 Å². The second-order valence-electron chi connectivity index (χ2n) is 5.60. The number of nitrogens with zero attached hydrogens (tertiary/aromatic N) is 1.